The maximum Gasteiger partial charge on any atom is 0.488 e. The zero-order valence-electron chi connectivity index (χ0n) is 20.8. The van der Waals surface area contributed by atoms with Gasteiger partial charge in [0.05, 0.1) is 40.7 Å². The number of aromatic nitrogens is 3. The van der Waals surface area contributed by atoms with Gasteiger partial charge in [0.15, 0.2) is 11.2 Å². The molecule has 0 aliphatic carbocycles. The van der Waals surface area contributed by atoms with Crippen molar-refractivity contribution in [3.8, 4) is 28.7 Å². The molecule has 0 spiro atoms. The summed E-state index contributed by atoms with van der Waals surface area (Å²) in [6, 6.07) is 12.0. The van der Waals surface area contributed by atoms with Crippen LogP contribution in [0, 0.1) is 17.2 Å². The minimum Gasteiger partial charge on any atom is -0.493 e. The van der Waals surface area contributed by atoms with Gasteiger partial charge < -0.3 is 18.5 Å². The lowest BCUT2D eigenvalue weighted by Gasteiger charge is -2.17. The van der Waals surface area contributed by atoms with Gasteiger partial charge in [-0.1, -0.05) is 23.8 Å². The molecule has 1 N–H and O–H groups in total. The maximum atomic E-state index is 13.8. The molecule has 0 atom stereocenters. The first-order chi connectivity index (χ1) is 18.1. The summed E-state index contributed by atoms with van der Waals surface area (Å²) >= 11 is 0. The summed E-state index contributed by atoms with van der Waals surface area (Å²) in [5, 5.41) is 11.0. The van der Waals surface area contributed by atoms with Crippen molar-refractivity contribution >= 4 is 43.3 Å². The molecule has 2 aromatic carbocycles. The third-order valence-corrected chi connectivity index (χ3v) is 6.54. The number of aromatic amines is 1. The number of ether oxygens (including phenoxy) is 1. The lowest BCUT2D eigenvalue weighted by atomic mass is 10.0. The molecule has 0 aliphatic heterocycles. The van der Waals surface area contributed by atoms with Gasteiger partial charge >= 0.3 is 10.5 Å². The molecule has 3 heterocycles. The molecule has 11 heteroatoms. The molecular weight excluding hydrogens is 511 g/mol. The topological polar surface area (TPSA) is 127 Å². The van der Waals surface area contributed by atoms with Crippen molar-refractivity contribution in [3.63, 3.8) is 0 Å². The fourth-order valence-corrected chi connectivity index (χ4v) is 4.89. The van der Waals surface area contributed by atoms with Gasteiger partial charge in [-0.15, -0.1) is 0 Å². The first kappa shape index (κ1) is 25.2. The SMILES string of the molecule is CCn1c2cc(-c3cncc(OS(=O)(=O)F)c3)c(OCC(C)C)cc2c(=O)c2c3ccc(C#N)cc3[nH]c21. The molecule has 5 rings (SSSR count). The van der Waals surface area contributed by atoms with Gasteiger partial charge in [0.2, 0.25) is 0 Å². The van der Waals surface area contributed by atoms with Gasteiger partial charge in [-0.2, -0.15) is 13.7 Å². The maximum absolute atomic E-state index is 13.8. The van der Waals surface area contributed by atoms with E-state index in [2.05, 4.69) is 20.2 Å². The number of nitrogens with zero attached hydrogens (tertiary/aromatic N) is 3. The number of nitriles is 1. The second-order valence-electron chi connectivity index (χ2n) is 9.25. The highest BCUT2D eigenvalue weighted by molar-refractivity contribution is 7.81. The molecule has 0 saturated heterocycles. The molecule has 0 aliphatic rings. The van der Waals surface area contributed by atoms with Crippen molar-refractivity contribution in [2.75, 3.05) is 6.61 Å². The molecule has 0 saturated carbocycles. The van der Waals surface area contributed by atoms with Crippen LogP contribution in [0.3, 0.4) is 0 Å². The van der Waals surface area contributed by atoms with Crippen LogP contribution < -0.4 is 14.3 Å². The number of pyridine rings is 2. The largest absolute Gasteiger partial charge is 0.493 e. The van der Waals surface area contributed by atoms with Crippen LogP contribution in [-0.4, -0.2) is 29.6 Å². The second kappa shape index (κ2) is 9.46. The fourth-order valence-electron chi connectivity index (χ4n) is 4.57. The van der Waals surface area contributed by atoms with Crippen LogP contribution in [0.4, 0.5) is 3.89 Å². The van der Waals surface area contributed by atoms with Crippen molar-refractivity contribution < 1.29 is 21.2 Å². The van der Waals surface area contributed by atoms with Crippen molar-refractivity contribution in [1.82, 2.24) is 14.5 Å². The zero-order chi connectivity index (χ0) is 27.2. The summed E-state index contributed by atoms with van der Waals surface area (Å²) < 4.78 is 47.6. The molecule has 38 heavy (non-hydrogen) atoms. The summed E-state index contributed by atoms with van der Waals surface area (Å²) in [4.78, 5) is 21.1. The highest BCUT2D eigenvalue weighted by atomic mass is 32.3. The number of H-pyrrole nitrogens is 1. The minimum absolute atomic E-state index is 0.181. The van der Waals surface area contributed by atoms with Gasteiger partial charge in [-0.3, -0.25) is 9.78 Å². The van der Waals surface area contributed by atoms with Gasteiger partial charge in [0.1, 0.15) is 11.4 Å². The molecule has 0 amide bonds. The van der Waals surface area contributed by atoms with E-state index < -0.39 is 10.5 Å². The van der Waals surface area contributed by atoms with Gasteiger partial charge in [-0.05, 0) is 43.2 Å². The van der Waals surface area contributed by atoms with Crippen LogP contribution in [0.5, 0.6) is 11.5 Å². The van der Waals surface area contributed by atoms with Crippen LogP contribution in [0.2, 0.25) is 0 Å². The van der Waals surface area contributed by atoms with Crippen LogP contribution in [-0.2, 0) is 17.0 Å². The molecule has 9 nitrogen and oxygen atoms in total. The highest BCUT2D eigenvalue weighted by Gasteiger charge is 2.20. The van der Waals surface area contributed by atoms with Gasteiger partial charge in [-0.25, -0.2) is 0 Å². The average Bonchev–Trinajstić information content (AvgIpc) is 3.25. The van der Waals surface area contributed by atoms with E-state index in [-0.39, 0.29) is 17.1 Å². The van der Waals surface area contributed by atoms with E-state index in [0.717, 1.165) is 6.20 Å². The van der Waals surface area contributed by atoms with Crippen molar-refractivity contribution in [2.45, 2.75) is 27.3 Å². The lowest BCUT2D eigenvalue weighted by Crippen LogP contribution is -2.12. The van der Waals surface area contributed by atoms with E-state index in [4.69, 9.17) is 4.74 Å². The second-order valence-corrected chi connectivity index (χ2v) is 10.2. The van der Waals surface area contributed by atoms with Crippen molar-refractivity contribution in [2.24, 2.45) is 5.92 Å². The molecule has 0 unspecified atom stereocenters. The molecule has 3 aromatic heterocycles. The van der Waals surface area contributed by atoms with E-state index in [0.29, 0.717) is 68.4 Å². The van der Waals surface area contributed by atoms with E-state index >= 15 is 0 Å². The smallest absolute Gasteiger partial charge is 0.488 e. The third-order valence-electron chi connectivity index (χ3n) is 6.15. The number of nitrogens with one attached hydrogen (secondary N) is 1. The Bertz CT molecular complexity index is 1940. The highest BCUT2D eigenvalue weighted by Crippen LogP contribution is 2.37. The Balaban J connectivity index is 1.83. The predicted octanol–water partition coefficient (Wildman–Crippen LogP) is 5.22. The Labute approximate surface area is 217 Å². The summed E-state index contributed by atoms with van der Waals surface area (Å²) in [6.07, 6.45) is 2.56. The van der Waals surface area contributed by atoms with Crippen molar-refractivity contribution in [3.05, 3.63) is 64.6 Å². The van der Waals surface area contributed by atoms with E-state index in [1.165, 1.54) is 12.3 Å². The van der Waals surface area contributed by atoms with Crippen molar-refractivity contribution in [1.29, 1.82) is 5.26 Å². The number of halogens is 1. The molecule has 0 radical (unpaired) electrons. The van der Waals surface area contributed by atoms with E-state index in [9.17, 15) is 22.4 Å². The summed E-state index contributed by atoms with van der Waals surface area (Å²) in [5.41, 5.74) is 3.10. The predicted molar refractivity (Wildman–Crippen MR) is 142 cm³/mol. The number of aryl methyl sites for hydroxylation is 1. The monoisotopic (exact) mass is 534 g/mol. The summed E-state index contributed by atoms with van der Waals surface area (Å²) in [7, 11) is -5.24. The Kier molecular flexibility index (Phi) is 6.28. The van der Waals surface area contributed by atoms with Crippen LogP contribution >= 0.6 is 0 Å². The molecule has 194 valence electrons. The average molecular weight is 535 g/mol. The number of hydrogen-bond donors (Lipinski definition) is 1. The Hall–Kier alpha value is -4.43. The molecule has 0 fully saturated rings. The standard InChI is InChI=1S/C27H23FN4O5S/c1-4-32-23-9-20(17-8-18(13-30-12-17)37-38(28,34)35)24(36-14-15(2)3)10-21(23)26(33)25-19-6-5-16(11-29)7-22(19)31-27(25)32/h5-10,12-13,15,31H,4,14H2,1-3H3. The van der Waals surface area contributed by atoms with Gasteiger partial charge in [0.25, 0.3) is 0 Å². The lowest BCUT2D eigenvalue weighted by molar-refractivity contribution is 0.272. The Morgan fingerprint density at radius 2 is 1.95 bits per heavy atom. The van der Waals surface area contributed by atoms with Crippen LogP contribution in [0.1, 0.15) is 26.3 Å². The summed E-state index contributed by atoms with van der Waals surface area (Å²) in [6.45, 7) is 6.78. The number of benzene rings is 2. The molecular formula is C27H23FN4O5S. The normalized spacial score (nSPS) is 11.9. The Morgan fingerprint density at radius 1 is 1.16 bits per heavy atom. The molecule has 5 aromatic rings. The number of fused-ring (bicyclic) bond motifs is 4. The minimum atomic E-state index is -5.24. The van der Waals surface area contributed by atoms with E-state index in [1.807, 2.05) is 25.3 Å². The number of rotatable bonds is 7. The first-order valence-corrected chi connectivity index (χ1v) is 13.2. The zero-order valence-corrected chi connectivity index (χ0v) is 21.6. The quantitative estimate of drug-likeness (QED) is 0.284. The first-order valence-electron chi connectivity index (χ1n) is 11.9. The summed E-state index contributed by atoms with van der Waals surface area (Å²) in [5.74, 6) is 0.270. The van der Waals surface area contributed by atoms with Crippen LogP contribution in [0.25, 0.3) is 44.0 Å². The van der Waals surface area contributed by atoms with Gasteiger partial charge in [0, 0.05) is 34.8 Å². The third kappa shape index (κ3) is 4.54. The van der Waals surface area contributed by atoms with E-state index in [1.54, 1.807) is 30.3 Å². The van der Waals surface area contributed by atoms with Crippen LogP contribution in [0.15, 0.2) is 53.6 Å². The fraction of sp³-hybridized carbons (Fsp3) is 0.222. The molecule has 0 bridgehead atoms. The Morgan fingerprint density at radius 3 is 2.63 bits per heavy atom. The number of hydrogen-bond acceptors (Lipinski definition) is 7.